The number of carbonyl (C=O) groups is 5. The maximum Gasteiger partial charge on any atom is 1.00 e. The molecule has 0 radical (unpaired) electrons. The van der Waals surface area contributed by atoms with Gasteiger partial charge in [0.1, 0.15) is 41.8 Å². The minimum atomic E-state index is -0.912. The fraction of sp³-hybridized carbons (Fsp3) is 0.338. The first-order valence-electron chi connectivity index (χ1n) is 34.7. The Balaban J connectivity index is 0.000000152. The monoisotopic (exact) mass is 1690 g/mol. The number of nitrogens with one attached hydrogen (secondary N) is 2. The van der Waals surface area contributed by atoms with Crippen molar-refractivity contribution in [3.05, 3.63) is 262 Å². The number of nitrogens with zero attached hydrogens (tertiary/aromatic N) is 6. The number of halogens is 8. The molecule has 12 heterocycles. The number of aromatic hydroxyl groups is 1. The summed E-state index contributed by atoms with van der Waals surface area (Å²) in [5, 5.41) is 15.8. The number of nitrogens with two attached hydrogens (primary N) is 1. The van der Waals surface area contributed by atoms with Crippen molar-refractivity contribution in [3.63, 3.8) is 0 Å². The SMILES string of the molecule is C[C@@H]1COC2C3CCc4c(C(=O)NCc5cccc(Cl)c5F)c(=O)c(O)c(n43)C(=O)N21.C[C@@H]1COC2C3CCc4c(C(=O)NCc5cccc(Cl)c5F)c(=O)c(OCc5ccccc5)c(n43)C(=O)N21.C[C@@H]1COC2C3CCc4c(I)c(=O)c(OCc5ccccc5)c(n43)C(=O)N21.NCc1cccc(Cl)c1F.[C-]#[O+].[Cl-].[Li+]. The number of amides is 5. The van der Waals surface area contributed by atoms with Crippen LogP contribution in [-0.2, 0) is 71.0 Å². The first-order valence-corrected chi connectivity index (χ1v) is 36.9. The average molecular weight is 1690 g/mol. The molecule has 9 aliphatic rings. The molecule has 570 valence electrons. The number of benzene rings is 5. The normalized spacial score (nSPS) is 21.2. The van der Waals surface area contributed by atoms with Crippen molar-refractivity contribution in [1.82, 2.24) is 39.0 Å². The van der Waals surface area contributed by atoms with E-state index in [9.17, 15) is 56.6 Å². The van der Waals surface area contributed by atoms with Crippen molar-refractivity contribution in [2.45, 2.75) is 147 Å². The second-order valence-electron chi connectivity index (χ2n) is 27.0. The van der Waals surface area contributed by atoms with Crippen LogP contribution in [0.4, 0.5) is 13.2 Å². The van der Waals surface area contributed by atoms with Crippen LogP contribution in [0.3, 0.4) is 0 Å². The number of ether oxygens (including phenoxy) is 5. The summed E-state index contributed by atoms with van der Waals surface area (Å²) in [4.78, 5) is 111. The summed E-state index contributed by atoms with van der Waals surface area (Å²) < 4.78 is 84.5. The van der Waals surface area contributed by atoms with Crippen molar-refractivity contribution in [2.75, 3.05) is 19.8 Å². The van der Waals surface area contributed by atoms with Crippen LogP contribution in [0, 0.1) is 27.7 Å². The van der Waals surface area contributed by atoms with Crippen LogP contribution in [0.1, 0.15) is 155 Å². The Kier molecular flexibility index (Phi) is 26.0. The Morgan fingerprint density at radius 1 is 0.536 bits per heavy atom. The standard InChI is InChI=1S/C28H25ClFN3O5.C21H19ClFN3O5.C20H19IN2O4.C7H7ClFN.CO.ClH.Li/c1-15-13-38-28-20-11-10-19-21(26(35)31-12-17-8-5-9-18(29)22(17)30)24(34)25(23(33(19)20)27(36)32(15)28)37-14-16-6-3-2-4-7-16;1-9-8-31-21-13-6-5-12-14(17(27)18(28)16(26(12)13)20(30)25(9)21)19(29)24-7-10-3-2-4-11(22)15(10)23;1-11-9-27-20-14-8-7-13-15(21)17(24)18(16(23(13)14)19(25)22(11)20)26-10-12-5-3-2-4-6-12;8-6-3-1-2-5(4-10)7(6)9;1-2;;/h2-9,15,20,28H,10-14H2,1H3,(H,31,35);2-4,9,13,21,28H,5-8H2,1H3,(H,24,29);2-6,11,14,20H,7-10H2,1H3;1-3H,4,10H2;;1H;/q;;;;;;+1/p-1/t15-,20?,28?;9-,13?,21?;11-,14?,20?;;;;/m111..../s1. The Morgan fingerprint density at radius 2 is 0.882 bits per heavy atom. The molecular formula is C77H70Cl4F3ILiN9O15. The minimum Gasteiger partial charge on any atom is -1.00 e. The molecule has 5 amide bonds. The molecule has 5 aromatic carbocycles. The van der Waals surface area contributed by atoms with E-state index in [2.05, 4.69) is 39.9 Å². The van der Waals surface area contributed by atoms with E-state index in [-0.39, 0.29) is 184 Å². The van der Waals surface area contributed by atoms with Gasteiger partial charge in [0.15, 0.2) is 53.0 Å². The largest absolute Gasteiger partial charge is 1.00 e. The molecule has 9 aliphatic heterocycles. The molecule has 6 unspecified atom stereocenters. The van der Waals surface area contributed by atoms with Gasteiger partial charge in [0, 0.05) is 53.4 Å². The molecule has 5 N–H and O–H groups in total. The summed E-state index contributed by atoms with van der Waals surface area (Å²) in [7, 11) is 0. The second kappa shape index (κ2) is 34.7. The van der Waals surface area contributed by atoms with Crippen molar-refractivity contribution in [1.29, 1.82) is 0 Å². The molecule has 3 saturated heterocycles. The first kappa shape index (κ1) is 82.5. The van der Waals surface area contributed by atoms with E-state index in [1.807, 2.05) is 86.0 Å². The number of aromatic nitrogens is 3. The quantitative estimate of drug-likeness (QED) is 0.0537. The van der Waals surface area contributed by atoms with Gasteiger partial charge in [0.25, 0.3) is 29.5 Å². The Morgan fingerprint density at radius 3 is 1.28 bits per heavy atom. The zero-order valence-corrected chi connectivity index (χ0v) is 64.7. The van der Waals surface area contributed by atoms with Crippen LogP contribution in [0.2, 0.25) is 15.1 Å². The van der Waals surface area contributed by atoms with Crippen LogP contribution >= 0.6 is 57.4 Å². The van der Waals surface area contributed by atoms with E-state index in [4.69, 9.17) is 68.9 Å². The van der Waals surface area contributed by atoms with Crippen molar-refractivity contribution in [3.8, 4) is 17.2 Å². The third-order valence-electron chi connectivity index (χ3n) is 20.6. The fourth-order valence-electron chi connectivity index (χ4n) is 15.6. The van der Waals surface area contributed by atoms with Gasteiger partial charge in [-0.2, -0.15) is 0 Å². The Bertz CT molecular complexity index is 5160. The van der Waals surface area contributed by atoms with Gasteiger partial charge >= 0.3 is 30.2 Å². The van der Waals surface area contributed by atoms with E-state index in [0.29, 0.717) is 71.7 Å². The summed E-state index contributed by atoms with van der Waals surface area (Å²) in [5.41, 5.74) is 7.90. The molecule has 3 fully saturated rings. The van der Waals surface area contributed by atoms with Gasteiger partial charge in [0.2, 0.25) is 16.3 Å². The van der Waals surface area contributed by atoms with Crippen LogP contribution in [-0.4, -0.2) is 120 Å². The third kappa shape index (κ3) is 15.0. The van der Waals surface area contributed by atoms with E-state index in [1.54, 1.807) is 48.1 Å². The summed E-state index contributed by atoms with van der Waals surface area (Å²) in [6.45, 7) is 11.6. The number of rotatable bonds is 13. The van der Waals surface area contributed by atoms with Gasteiger partial charge in [-0.1, -0.05) is 132 Å². The summed E-state index contributed by atoms with van der Waals surface area (Å²) in [6.07, 6.45) is 2.35. The average Bonchev–Trinajstić information content (AvgIpc) is 1.55. The molecule has 0 bridgehead atoms. The second-order valence-corrected chi connectivity index (χ2v) is 29.3. The van der Waals surface area contributed by atoms with Gasteiger partial charge < -0.3 is 86.0 Å². The van der Waals surface area contributed by atoms with Gasteiger partial charge in [-0.3, -0.25) is 38.4 Å². The van der Waals surface area contributed by atoms with Gasteiger partial charge in [0.05, 0.1) is 74.7 Å². The smallest absolute Gasteiger partial charge is 1.00 e. The third-order valence-corrected chi connectivity index (χ3v) is 22.5. The summed E-state index contributed by atoms with van der Waals surface area (Å²) in [5.74, 6) is -4.87. The van der Waals surface area contributed by atoms with Crippen LogP contribution in [0.25, 0.3) is 0 Å². The molecule has 9 atom stereocenters. The molecule has 3 aromatic heterocycles. The van der Waals surface area contributed by atoms with Crippen molar-refractivity contribution < 1.29 is 102 Å². The van der Waals surface area contributed by atoms with E-state index in [1.165, 1.54) is 30.3 Å². The predicted molar refractivity (Wildman–Crippen MR) is 395 cm³/mol. The zero-order chi connectivity index (χ0) is 76.8. The number of fused-ring (bicyclic) bond motifs is 6. The maximum absolute atomic E-state index is 14.4. The molecule has 0 aliphatic carbocycles. The molecule has 8 aromatic rings. The van der Waals surface area contributed by atoms with E-state index < -0.39 is 64.2 Å². The minimum absolute atomic E-state index is 0. The van der Waals surface area contributed by atoms with Crippen LogP contribution < -0.4 is 73.4 Å². The van der Waals surface area contributed by atoms with Crippen molar-refractivity contribution in [2.24, 2.45) is 5.73 Å². The van der Waals surface area contributed by atoms with E-state index in [0.717, 1.165) is 29.7 Å². The molecule has 17 rings (SSSR count). The predicted octanol–water partition coefficient (Wildman–Crippen LogP) is 4.43. The molecule has 0 spiro atoms. The topological polar surface area (TPSA) is 297 Å². The van der Waals surface area contributed by atoms with Gasteiger partial charge in [-0.15, -0.1) is 0 Å². The summed E-state index contributed by atoms with van der Waals surface area (Å²) >= 11 is 19.2. The Labute approximate surface area is 674 Å². The fourth-order valence-corrected chi connectivity index (χ4v) is 16.9. The number of hydrogen-bond donors (Lipinski definition) is 4. The molecule has 0 saturated carbocycles. The number of hydrogen-bond acceptors (Lipinski definition) is 15. The van der Waals surface area contributed by atoms with Gasteiger partial charge in [-0.05, 0) is 111 Å². The number of carbonyl (C=O) groups excluding carboxylic acids is 5. The summed E-state index contributed by atoms with van der Waals surface area (Å²) in [6, 6.07) is 31.8. The van der Waals surface area contributed by atoms with Crippen LogP contribution in [0.15, 0.2) is 130 Å². The molecule has 33 heteroatoms. The van der Waals surface area contributed by atoms with E-state index >= 15 is 0 Å². The first-order chi connectivity index (χ1) is 52.0. The molecule has 110 heavy (non-hydrogen) atoms. The maximum atomic E-state index is 14.4. The molecular weight excluding hydrogens is 1620 g/mol. The van der Waals surface area contributed by atoms with Crippen LogP contribution in [0.5, 0.6) is 17.2 Å². The zero-order valence-electron chi connectivity index (χ0n) is 59.5. The number of pyridine rings is 3. The Hall–Kier alpha value is -8.44. The van der Waals surface area contributed by atoms with Gasteiger partial charge in [-0.25, -0.2) is 13.2 Å². The molecule has 24 nitrogen and oxygen atoms in total. The van der Waals surface area contributed by atoms with Crippen molar-refractivity contribution >= 4 is 86.9 Å².